The van der Waals surface area contributed by atoms with Gasteiger partial charge >= 0.3 is 5.97 Å². The highest BCUT2D eigenvalue weighted by molar-refractivity contribution is 5.94. The van der Waals surface area contributed by atoms with Crippen molar-refractivity contribution in [1.82, 2.24) is 5.32 Å². The van der Waals surface area contributed by atoms with Crippen LogP contribution in [0.4, 0.5) is 0 Å². The molecule has 0 radical (unpaired) electrons. The molecule has 118 valence electrons. The zero-order valence-electron chi connectivity index (χ0n) is 12.8. The molecule has 1 aromatic carbocycles. The molecular weight excluding hydrogens is 278 g/mol. The number of benzene rings is 1. The average Bonchev–Trinajstić information content (AvgIpc) is 2.54. The molecule has 0 aliphatic heterocycles. The van der Waals surface area contributed by atoms with Crippen LogP contribution < -0.4 is 5.32 Å². The van der Waals surface area contributed by atoms with E-state index in [9.17, 15) is 14.7 Å². The van der Waals surface area contributed by atoms with E-state index in [1.807, 2.05) is 18.2 Å². The number of rotatable bonds is 6. The second-order valence-electron chi connectivity index (χ2n) is 6.12. The number of carboxylic acid groups (broad SMARTS) is 1. The summed E-state index contributed by atoms with van der Waals surface area (Å²) in [4.78, 5) is 23.6. The molecule has 0 heterocycles. The van der Waals surface area contributed by atoms with Crippen molar-refractivity contribution in [2.24, 2.45) is 5.41 Å². The van der Waals surface area contributed by atoms with E-state index in [1.54, 1.807) is 12.1 Å². The van der Waals surface area contributed by atoms with Gasteiger partial charge in [0.25, 0.3) is 5.91 Å². The van der Waals surface area contributed by atoms with E-state index in [0.29, 0.717) is 31.4 Å². The lowest BCUT2D eigenvalue weighted by atomic mass is 9.70. The molecule has 2 N–H and O–H groups in total. The lowest BCUT2D eigenvalue weighted by Gasteiger charge is -2.33. The van der Waals surface area contributed by atoms with Gasteiger partial charge in [-0.25, -0.2) is 0 Å². The second-order valence-corrected chi connectivity index (χ2v) is 6.12. The highest BCUT2D eigenvalue weighted by Gasteiger charge is 2.39. The summed E-state index contributed by atoms with van der Waals surface area (Å²) >= 11 is 0. The number of hydrogen-bond acceptors (Lipinski definition) is 2. The van der Waals surface area contributed by atoms with Gasteiger partial charge in [0.05, 0.1) is 5.41 Å². The maximum Gasteiger partial charge on any atom is 0.309 e. The number of hydrogen-bond donors (Lipinski definition) is 2. The fourth-order valence-electron chi connectivity index (χ4n) is 3.13. The number of aliphatic carboxylic acids is 1. The molecule has 2 rings (SSSR count). The Morgan fingerprint density at radius 2 is 1.77 bits per heavy atom. The van der Waals surface area contributed by atoms with Crippen LogP contribution in [-0.2, 0) is 4.79 Å². The maximum atomic E-state index is 12.0. The van der Waals surface area contributed by atoms with Crippen molar-refractivity contribution in [2.45, 2.75) is 38.5 Å². The first kappa shape index (κ1) is 16.3. The van der Waals surface area contributed by atoms with Gasteiger partial charge in [-0.3, -0.25) is 9.59 Å². The molecule has 1 aliphatic rings. The molecule has 1 aromatic rings. The van der Waals surface area contributed by atoms with Crippen LogP contribution in [0.25, 0.3) is 0 Å². The topological polar surface area (TPSA) is 66.4 Å². The van der Waals surface area contributed by atoms with Crippen LogP contribution in [0.15, 0.2) is 42.5 Å². The van der Waals surface area contributed by atoms with Crippen molar-refractivity contribution in [1.29, 1.82) is 0 Å². The van der Waals surface area contributed by atoms with Crippen molar-refractivity contribution in [2.75, 3.05) is 6.54 Å². The quantitative estimate of drug-likeness (QED) is 0.791. The zero-order valence-corrected chi connectivity index (χ0v) is 12.8. The Labute approximate surface area is 131 Å². The van der Waals surface area contributed by atoms with Crippen LogP contribution in [0.2, 0.25) is 0 Å². The van der Waals surface area contributed by atoms with E-state index in [2.05, 4.69) is 11.9 Å². The van der Waals surface area contributed by atoms with Crippen LogP contribution in [0.1, 0.15) is 48.9 Å². The third-order valence-electron chi connectivity index (χ3n) is 4.39. The molecule has 4 nitrogen and oxygen atoms in total. The minimum absolute atomic E-state index is 0.158. The molecule has 4 heteroatoms. The van der Waals surface area contributed by atoms with E-state index >= 15 is 0 Å². The van der Waals surface area contributed by atoms with Crippen LogP contribution in [-0.4, -0.2) is 23.5 Å². The van der Waals surface area contributed by atoms with Gasteiger partial charge in [-0.05, 0) is 31.4 Å². The first-order chi connectivity index (χ1) is 10.5. The van der Waals surface area contributed by atoms with Gasteiger partial charge < -0.3 is 10.4 Å². The maximum absolute atomic E-state index is 12.0. The summed E-state index contributed by atoms with van der Waals surface area (Å²) in [5.41, 5.74) is 0.682. The molecule has 1 amide bonds. The van der Waals surface area contributed by atoms with Crippen molar-refractivity contribution in [3.8, 4) is 0 Å². The molecule has 1 saturated carbocycles. The Morgan fingerprint density at radius 1 is 1.14 bits per heavy atom. The molecule has 0 spiro atoms. The van der Waals surface area contributed by atoms with Crippen molar-refractivity contribution >= 4 is 11.9 Å². The SMILES string of the molecule is C=C(CNC(=O)c1ccccc1)CC1(C(=O)O)CCCCC1. The predicted octanol–water partition coefficient (Wildman–Crippen LogP) is 3.40. The van der Waals surface area contributed by atoms with E-state index in [1.165, 1.54) is 0 Å². The average molecular weight is 301 g/mol. The molecule has 1 fully saturated rings. The lowest BCUT2D eigenvalue weighted by Crippen LogP contribution is -2.35. The summed E-state index contributed by atoms with van der Waals surface area (Å²) in [6.45, 7) is 4.29. The van der Waals surface area contributed by atoms with Gasteiger partial charge in [-0.2, -0.15) is 0 Å². The first-order valence-electron chi connectivity index (χ1n) is 7.77. The van der Waals surface area contributed by atoms with Crippen LogP contribution >= 0.6 is 0 Å². The summed E-state index contributed by atoms with van der Waals surface area (Å²) in [5, 5.41) is 12.4. The first-order valence-corrected chi connectivity index (χ1v) is 7.77. The number of carboxylic acids is 1. The number of carbonyl (C=O) groups is 2. The van der Waals surface area contributed by atoms with Crippen molar-refractivity contribution in [3.05, 3.63) is 48.0 Å². The standard InChI is InChI=1S/C18H23NO3/c1-14(12-18(17(21)22)10-6-3-7-11-18)13-19-16(20)15-8-4-2-5-9-15/h2,4-5,8-9H,1,3,6-7,10-13H2,(H,19,20)(H,21,22). The van der Waals surface area contributed by atoms with Crippen molar-refractivity contribution in [3.63, 3.8) is 0 Å². The molecule has 22 heavy (non-hydrogen) atoms. The van der Waals surface area contributed by atoms with Gasteiger partial charge in [0, 0.05) is 12.1 Å². The van der Waals surface area contributed by atoms with Crippen molar-refractivity contribution < 1.29 is 14.7 Å². The Hall–Kier alpha value is -2.10. The fourth-order valence-corrected chi connectivity index (χ4v) is 3.13. The van der Waals surface area contributed by atoms with Gasteiger partial charge in [0.15, 0.2) is 0 Å². The second kappa shape index (κ2) is 7.25. The number of carbonyl (C=O) groups excluding carboxylic acids is 1. The Bertz CT molecular complexity index is 545. The summed E-state index contributed by atoms with van der Waals surface area (Å²) in [5.74, 6) is -0.891. The van der Waals surface area contributed by atoms with E-state index < -0.39 is 11.4 Å². The third-order valence-corrected chi connectivity index (χ3v) is 4.39. The third kappa shape index (κ3) is 3.97. The van der Waals surface area contributed by atoms with Crippen LogP contribution in [0.3, 0.4) is 0 Å². The molecule has 1 aliphatic carbocycles. The Morgan fingerprint density at radius 3 is 2.36 bits per heavy atom. The molecule has 0 aromatic heterocycles. The largest absolute Gasteiger partial charge is 0.481 e. The minimum Gasteiger partial charge on any atom is -0.481 e. The highest BCUT2D eigenvalue weighted by Crippen LogP contribution is 2.41. The zero-order chi connectivity index (χ0) is 16.0. The Balaban J connectivity index is 1.89. The summed E-state index contributed by atoms with van der Waals surface area (Å²) in [6.07, 6.45) is 4.86. The van der Waals surface area contributed by atoms with Gasteiger partial charge in [-0.15, -0.1) is 0 Å². The lowest BCUT2D eigenvalue weighted by molar-refractivity contribution is -0.151. The summed E-state index contributed by atoms with van der Waals surface area (Å²) < 4.78 is 0. The summed E-state index contributed by atoms with van der Waals surface area (Å²) in [7, 11) is 0. The fraction of sp³-hybridized carbons (Fsp3) is 0.444. The molecule has 0 atom stereocenters. The molecular formula is C18H23NO3. The van der Waals surface area contributed by atoms with Crippen LogP contribution in [0.5, 0.6) is 0 Å². The van der Waals surface area contributed by atoms with E-state index in [0.717, 1.165) is 24.8 Å². The predicted molar refractivity (Wildman–Crippen MR) is 85.7 cm³/mol. The van der Waals surface area contributed by atoms with E-state index in [-0.39, 0.29) is 5.91 Å². The van der Waals surface area contributed by atoms with Crippen LogP contribution in [0, 0.1) is 5.41 Å². The number of amides is 1. The van der Waals surface area contributed by atoms with Gasteiger partial charge in [-0.1, -0.05) is 49.6 Å². The highest BCUT2D eigenvalue weighted by atomic mass is 16.4. The smallest absolute Gasteiger partial charge is 0.309 e. The minimum atomic E-state index is -0.734. The molecule has 0 saturated heterocycles. The van der Waals surface area contributed by atoms with Gasteiger partial charge in [0.2, 0.25) is 0 Å². The Kier molecular flexibility index (Phi) is 5.36. The molecule has 0 bridgehead atoms. The molecule has 0 unspecified atom stereocenters. The monoisotopic (exact) mass is 301 g/mol. The normalized spacial score (nSPS) is 16.7. The number of nitrogens with one attached hydrogen (secondary N) is 1. The van der Waals surface area contributed by atoms with Gasteiger partial charge in [0.1, 0.15) is 0 Å². The van der Waals surface area contributed by atoms with E-state index in [4.69, 9.17) is 0 Å². The summed E-state index contributed by atoms with van der Waals surface area (Å²) in [6, 6.07) is 8.97.